The monoisotopic (exact) mass is 240 g/mol. The molecular formula is C15H32N2. The first-order valence-electron chi connectivity index (χ1n) is 7.65. The van der Waals surface area contributed by atoms with Gasteiger partial charge < -0.3 is 10.6 Å². The predicted molar refractivity (Wildman–Crippen MR) is 76.1 cm³/mol. The van der Waals surface area contributed by atoms with Gasteiger partial charge in [-0.3, -0.25) is 0 Å². The van der Waals surface area contributed by atoms with Crippen molar-refractivity contribution in [3.05, 3.63) is 0 Å². The molecule has 0 bridgehead atoms. The Labute approximate surface area is 108 Å². The molecule has 0 spiro atoms. The number of piperidine rings is 1. The summed E-state index contributed by atoms with van der Waals surface area (Å²) in [5, 5.41) is 0. The highest BCUT2D eigenvalue weighted by molar-refractivity contribution is 4.79. The van der Waals surface area contributed by atoms with Gasteiger partial charge in [-0.15, -0.1) is 0 Å². The van der Waals surface area contributed by atoms with Crippen molar-refractivity contribution in [2.75, 3.05) is 19.6 Å². The maximum atomic E-state index is 5.65. The molecule has 17 heavy (non-hydrogen) atoms. The lowest BCUT2D eigenvalue weighted by atomic mass is 9.90. The molecule has 1 fully saturated rings. The van der Waals surface area contributed by atoms with Gasteiger partial charge in [0.25, 0.3) is 0 Å². The summed E-state index contributed by atoms with van der Waals surface area (Å²) in [4.78, 5) is 2.74. The molecule has 0 aromatic rings. The van der Waals surface area contributed by atoms with Crippen LogP contribution in [-0.2, 0) is 0 Å². The zero-order chi connectivity index (χ0) is 12.7. The minimum Gasteiger partial charge on any atom is -0.330 e. The maximum absolute atomic E-state index is 5.65. The van der Waals surface area contributed by atoms with E-state index in [0.717, 1.165) is 24.4 Å². The Hall–Kier alpha value is -0.0800. The molecule has 2 atom stereocenters. The predicted octanol–water partition coefficient (Wildman–Crippen LogP) is 3.26. The van der Waals surface area contributed by atoms with Crippen LogP contribution in [0.15, 0.2) is 0 Å². The van der Waals surface area contributed by atoms with Gasteiger partial charge in [0, 0.05) is 6.04 Å². The molecule has 0 aromatic heterocycles. The van der Waals surface area contributed by atoms with Crippen molar-refractivity contribution in [3.8, 4) is 0 Å². The minimum atomic E-state index is 0.823. The Morgan fingerprint density at radius 2 is 1.82 bits per heavy atom. The first-order chi connectivity index (χ1) is 8.21. The Bertz CT molecular complexity index is 185. The second-order valence-corrected chi connectivity index (χ2v) is 5.87. The van der Waals surface area contributed by atoms with E-state index in [2.05, 4.69) is 25.7 Å². The van der Waals surface area contributed by atoms with E-state index in [0.29, 0.717) is 0 Å². The van der Waals surface area contributed by atoms with E-state index in [1.54, 1.807) is 0 Å². The van der Waals surface area contributed by atoms with Crippen LogP contribution in [0.25, 0.3) is 0 Å². The van der Waals surface area contributed by atoms with E-state index in [1.165, 1.54) is 51.6 Å². The summed E-state index contributed by atoms with van der Waals surface area (Å²) in [5.74, 6) is 1.78. The number of hydrogen-bond acceptors (Lipinski definition) is 2. The third-order valence-electron chi connectivity index (χ3n) is 4.58. The third kappa shape index (κ3) is 4.97. The van der Waals surface area contributed by atoms with Crippen LogP contribution in [0.4, 0.5) is 0 Å². The molecule has 2 nitrogen and oxygen atoms in total. The van der Waals surface area contributed by atoms with Gasteiger partial charge in [-0.05, 0) is 63.6 Å². The average molecular weight is 240 g/mol. The topological polar surface area (TPSA) is 29.3 Å². The molecule has 0 aliphatic carbocycles. The van der Waals surface area contributed by atoms with Crippen LogP contribution >= 0.6 is 0 Å². The highest BCUT2D eigenvalue weighted by Gasteiger charge is 2.24. The molecule has 1 aliphatic heterocycles. The van der Waals surface area contributed by atoms with Crippen molar-refractivity contribution in [3.63, 3.8) is 0 Å². The summed E-state index contributed by atoms with van der Waals surface area (Å²) in [5.41, 5.74) is 5.65. The Morgan fingerprint density at radius 1 is 1.18 bits per heavy atom. The van der Waals surface area contributed by atoms with Crippen LogP contribution < -0.4 is 5.73 Å². The average Bonchev–Trinajstić information content (AvgIpc) is 2.37. The van der Waals surface area contributed by atoms with Crippen LogP contribution in [0.5, 0.6) is 0 Å². The van der Waals surface area contributed by atoms with Gasteiger partial charge in [0.1, 0.15) is 0 Å². The molecule has 2 unspecified atom stereocenters. The Morgan fingerprint density at radius 3 is 2.29 bits per heavy atom. The maximum Gasteiger partial charge on any atom is 0.00951 e. The number of nitrogens with zero attached hydrogens (tertiary/aromatic N) is 1. The number of nitrogens with two attached hydrogens (primary N) is 1. The largest absolute Gasteiger partial charge is 0.330 e. The van der Waals surface area contributed by atoms with E-state index in [1.807, 2.05) is 0 Å². The first kappa shape index (κ1) is 15.0. The van der Waals surface area contributed by atoms with E-state index in [-0.39, 0.29) is 0 Å². The number of rotatable bonds is 7. The standard InChI is InChI=1S/C15H32N2/c1-4-13(3)12-15(5-2)17-10-7-14(6-9-16)8-11-17/h13-15H,4-12,16H2,1-3H3. The lowest BCUT2D eigenvalue weighted by Gasteiger charge is -2.38. The minimum absolute atomic E-state index is 0.823. The summed E-state index contributed by atoms with van der Waals surface area (Å²) in [6.07, 6.45) is 7.99. The lowest BCUT2D eigenvalue weighted by molar-refractivity contribution is 0.111. The van der Waals surface area contributed by atoms with Crippen molar-refractivity contribution in [2.45, 2.75) is 65.3 Å². The van der Waals surface area contributed by atoms with E-state index in [4.69, 9.17) is 5.73 Å². The molecule has 2 N–H and O–H groups in total. The van der Waals surface area contributed by atoms with Gasteiger partial charge in [0.15, 0.2) is 0 Å². The molecule has 1 rings (SSSR count). The molecule has 2 heteroatoms. The number of hydrogen-bond donors (Lipinski definition) is 1. The third-order valence-corrected chi connectivity index (χ3v) is 4.58. The summed E-state index contributed by atoms with van der Waals surface area (Å²) in [7, 11) is 0. The lowest BCUT2D eigenvalue weighted by Crippen LogP contribution is -2.42. The fourth-order valence-corrected chi connectivity index (χ4v) is 3.05. The molecular weight excluding hydrogens is 208 g/mol. The smallest absolute Gasteiger partial charge is 0.00951 e. The van der Waals surface area contributed by atoms with Gasteiger partial charge in [-0.2, -0.15) is 0 Å². The van der Waals surface area contributed by atoms with Gasteiger partial charge >= 0.3 is 0 Å². The molecule has 0 aromatic carbocycles. The molecule has 0 radical (unpaired) electrons. The quantitative estimate of drug-likeness (QED) is 0.740. The highest BCUT2D eigenvalue weighted by Crippen LogP contribution is 2.25. The van der Waals surface area contributed by atoms with Crippen LogP contribution in [0.3, 0.4) is 0 Å². The van der Waals surface area contributed by atoms with Crippen molar-refractivity contribution in [1.82, 2.24) is 4.90 Å². The molecule has 1 aliphatic rings. The second kappa shape index (κ2) is 8.10. The van der Waals surface area contributed by atoms with E-state index in [9.17, 15) is 0 Å². The molecule has 0 saturated carbocycles. The molecule has 102 valence electrons. The zero-order valence-electron chi connectivity index (χ0n) is 12.1. The van der Waals surface area contributed by atoms with Crippen LogP contribution in [0, 0.1) is 11.8 Å². The van der Waals surface area contributed by atoms with E-state index < -0.39 is 0 Å². The van der Waals surface area contributed by atoms with Crippen molar-refractivity contribution in [1.29, 1.82) is 0 Å². The summed E-state index contributed by atoms with van der Waals surface area (Å²) < 4.78 is 0. The Balaban J connectivity index is 2.34. The van der Waals surface area contributed by atoms with Gasteiger partial charge in [-0.1, -0.05) is 27.2 Å². The second-order valence-electron chi connectivity index (χ2n) is 5.87. The fraction of sp³-hybridized carbons (Fsp3) is 1.00. The fourth-order valence-electron chi connectivity index (χ4n) is 3.05. The van der Waals surface area contributed by atoms with E-state index >= 15 is 0 Å². The van der Waals surface area contributed by atoms with Crippen molar-refractivity contribution >= 4 is 0 Å². The van der Waals surface area contributed by atoms with Crippen LogP contribution in [0.1, 0.15) is 59.3 Å². The molecule has 1 saturated heterocycles. The number of likely N-dealkylation sites (tertiary alicyclic amines) is 1. The van der Waals surface area contributed by atoms with Crippen LogP contribution in [-0.4, -0.2) is 30.6 Å². The summed E-state index contributed by atoms with van der Waals surface area (Å²) >= 11 is 0. The zero-order valence-corrected chi connectivity index (χ0v) is 12.1. The first-order valence-corrected chi connectivity index (χ1v) is 7.65. The van der Waals surface area contributed by atoms with Crippen LogP contribution in [0.2, 0.25) is 0 Å². The van der Waals surface area contributed by atoms with Gasteiger partial charge in [0.2, 0.25) is 0 Å². The normalized spacial score (nSPS) is 22.6. The van der Waals surface area contributed by atoms with Crippen molar-refractivity contribution < 1.29 is 0 Å². The molecule has 1 heterocycles. The highest BCUT2D eigenvalue weighted by atomic mass is 15.2. The van der Waals surface area contributed by atoms with Gasteiger partial charge in [0.05, 0.1) is 0 Å². The van der Waals surface area contributed by atoms with Gasteiger partial charge in [-0.25, -0.2) is 0 Å². The van der Waals surface area contributed by atoms with Crippen molar-refractivity contribution in [2.24, 2.45) is 17.6 Å². The SMILES string of the molecule is CCC(C)CC(CC)N1CCC(CCN)CC1. The Kier molecular flexibility index (Phi) is 7.14. The summed E-state index contributed by atoms with van der Waals surface area (Å²) in [6.45, 7) is 10.5. The summed E-state index contributed by atoms with van der Waals surface area (Å²) in [6, 6.07) is 0.823. The molecule has 0 amide bonds.